The molecule has 0 unspecified atom stereocenters. The molecule has 3 aromatic carbocycles. The minimum Gasteiger partial charge on any atom is -0.354 e. The number of epoxide rings is 1. The average Bonchev–Trinajstić information content (AvgIpc) is 3.45. The molecule has 1 heterocycles. The highest BCUT2D eigenvalue weighted by molar-refractivity contribution is 6.04. The second-order valence-electron chi connectivity index (χ2n) is 6.24. The van der Waals surface area contributed by atoms with Crippen molar-refractivity contribution in [2.75, 3.05) is 4.90 Å². The van der Waals surface area contributed by atoms with Gasteiger partial charge in [0, 0.05) is 11.4 Å². The smallest absolute Gasteiger partial charge is 0.263 e. The summed E-state index contributed by atoms with van der Waals surface area (Å²) in [5, 5.41) is 0. The molecule has 0 N–H and O–H groups in total. The average molecular weight is 329 g/mol. The van der Waals surface area contributed by atoms with Crippen molar-refractivity contribution in [3.8, 4) is 0 Å². The van der Waals surface area contributed by atoms with Crippen molar-refractivity contribution in [1.29, 1.82) is 0 Å². The van der Waals surface area contributed by atoms with Gasteiger partial charge < -0.3 is 4.74 Å². The molecular weight excluding hydrogens is 310 g/mol. The fraction of sp³-hybridized carbons (Fsp3) is 0.136. The molecule has 0 spiro atoms. The lowest BCUT2D eigenvalue weighted by Crippen LogP contribution is -2.30. The van der Waals surface area contributed by atoms with E-state index in [0.29, 0.717) is 0 Å². The lowest BCUT2D eigenvalue weighted by Gasteiger charge is -2.22. The first-order chi connectivity index (χ1) is 12.2. The molecule has 2 atom stereocenters. The number of hydrogen-bond donors (Lipinski definition) is 0. The first kappa shape index (κ1) is 15.6. The van der Waals surface area contributed by atoms with E-state index < -0.39 is 6.10 Å². The van der Waals surface area contributed by atoms with Gasteiger partial charge in [-0.2, -0.15) is 0 Å². The van der Waals surface area contributed by atoms with E-state index in [1.807, 2.05) is 85.8 Å². The number of para-hydroxylation sites is 2. The Labute approximate surface area is 147 Å². The second-order valence-corrected chi connectivity index (χ2v) is 6.24. The largest absolute Gasteiger partial charge is 0.354 e. The first-order valence-electron chi connectivity index (χ1n) is 8.40. The van der Waals surface area contributed by atoms with Crippen molar-refractivity contribution in [3.63, 3.8) is 0 Å². The number of hydrogen-bond acceptors (Lipinski definition) is 2. The normalized spacial score (nSPS) is 18.6. The molecule has 1 fully saturated rings. The number of anilines is 2. The van der Waals surface area contributed by atoms with Crippen LogP contribution in [0.15, 0.2) is 84.9 Å². The highest BCUT2D eigenvalue weighted by Gasteiger charge is 2.48. The molecule has 124 valence electrons. The third-order valence-corrected chi connectivity index (χ3v) is 4.35. The number of amides is 1. The van der Waals surface area contributed by atoms with Gasteiger partial charge >= 0.3 is 0 Å². The number of benzene rings is 3. The van der Waals surface area contributed by atoms with Crippen LogP contribution in [-0.2, 0) is 9.53 Å². The summed E-state index contributed by atoms with van der Waals surface area (Å²) in [7, 11) is 0. The highest BCUT2D eigenvalue weighted by atomic mass is 16.6. The molecule has 1 saturated heterocycles. The summed E-state index contributed by atoms with van der Waals surface area (Å²) in [4.78, 5) is 14.9. The van der Waals surface area contributed by atoms with Crippen LogP contribution in [0.3, 0.4) is 0 Å². The van der Waals surface area contributed by atoms with Gasteiger partial charge in [0.15, 0.2) is 6.10 Å². The molecule has 0 aromatic heterocycles. The Bertz CT molecular complexity index is 837. The molecule has 1 aliphatic rings. The van der Waals surface area contributed by atoms with Crippen molar-refractivity contribution in [2.45, 2.75) is 19.1 Å². The van der Waals surface area contributed by atoms with Crippen molar-refractivity contribution >= 4 is 17.3 Å². The van der Waals surface area contributed by atoms with Crippen molar-refractivity contribution in [1.82, 2.24) is 0 Å². The summed E-state index contributed by atoms with van der Waals surface area (Å²) in [6.07, 6.45) is -0.607. The molecule has 0 saturated carbocycles. The molecule has 3 nitrogen and oxygen atoms in total. The van der Waals surface area contributed by atoms with Crippen LogP contribution in [0.4, 0.5) is 11.4 Å². The fourth-order valence-electron chi connectivity index (χ4n) is 3.09. The number of ether oxygens (including phenoxy) is 1. The number of rotatable bonds is 4. The molecular formula is C22H19NO2. The first-order valence-corrected chi connectivity index (χ1v) is 8.40. The topological polar surface area (TPSA) is 32.8 Å². The SMILES string of the molecule is Cc1cccc([C@H]2O[C@H]2C(=O)N(c2ccccc2)c2ccccc2)c1. The standard InChI is InChI=1S/C22H19NO2/c1-16-9-8-10-17(15-16)20-21(25-20)22(24)23(18-11-4-2-5-12-18)19-13-6-3-7-14-19/h2-15,20-21H,1H3/t20-,21-/m1/s1. The Morgan fingerprint density at radius 3 is 2.00 bits per heavy atom. The summed E-state index contributed by atoms with van der Waals surface area (Å²) in [6.45, 7) is 2.04. The fourth-order valence-corrected chi connectivity index (χ4v) is 3.09. The van der Waals surface area contributed by atoms with E-state index >= 15 is 0 Å². The molecule has 0 bridgehead atoms. The van der Waals surface area contributed by atoms with Gasteiger partial charge in [0.2, 0.25) is 0 Å². The maximum atomic E-state index is 13.2. The molecule has 0 aliphatic carbocycles. The number of carbonyl (C=O) groups is 1. The minimum absolute atomic E-state index is 0.0380. The maximum absolute atomic E-state index is 13.2. The van der Waals surface area contributed by atoms with Gasteiger partial charge in [-0.25, -0.2) is 0 Å². The van der Waals surface area contributed by atoms with Gasteiger partial charge in [-0.05, 0) is 36.8 Å². The predicted octanol–water partition coefficient (Wildman–Crippen LogP) is 4.80. The summed E-state index contributed by atoms with van der Waals surface area (Å²) in [5.41, 5.74) is 3.91. The van der Waals surface area contributed by atoms with Gasteiger partial charge in [-0.15, -0.1) is 0 Å². The molecule has 4 rings (SSSR count). The van der Waals surface area contributed by atoms with Gasteiger partial charge in [0.05, 0.1) is 0 Å². The van der Waals surface area contributed by atoms with Gasteiger partial charge in [-0.1, -0.05) is 66.2 Å². The molecule has 3 heteroatoms. The van der Waals surface area contributed by atoms with Gasteiger partial charge in [0.25, 0.3) is 5.91 Å². The summed E-state index contributed by atoms with van der Waals surface area (Å²) < 4.78 is 5.75. The third-order valence-electron chi connectivity index (χ3n) is 4.35. The molecule has 25 heavy (non-hydrogen) atoms. The Balaban J connectivity index is 1.64. The Hall–Kier alpha value is -2.91. The maximum Gasteiger partial charge on any atom is 0.263 e. The van der Waals surface area contributed by atoms with E-state index in [9.17, 15) is 4.79 Å². The number of carbonyl (C=O) groups excluding carboxylic acids is 1. The highest BCUT2D eigenvalue weighted by Crippen LogP contribution is 2.42. The molecule has 0 radical (unpaired) electrons. The van der Waals surface area contributed by atoms with Crippen molar-refractivity contribution in [2.24, 2.45) is 0 Å². The van der Waals surface area contributed by atoms with E-state index in [1.165, 1.54) is 5.56 Å². The van der Waals surface area contributed by atoms with E-state index in [2.05, 4.69) is 6.07 Å². The van der Waals surface area contributed by atoms with Crippen LogP contribution < -0.4 is 4.90 Å². The Morgan fingerprint density at radius 2 is 1.44 bits per heavy atom. The second kappa shape index (κ2) is 6.54. The lowest BCUT2D eigenvalue weighted by atomic mass is 10.1. The van der Waals surface area contributed by atoms with Crippen LogP contribution in [0.25, 0.3) is 0 Å². The van der Waals surface area contributed by atoms with Crippen LogP contribution in [-0.4, -0.2) is 12.0 Å². The van der Waals surface area contributed by atoms with E-state index in [4.69, 9.17) is 4.74 Å². The lowest BCUT2D eigenvalue weighted by molar-refractivity contribution is -0.119. The molecule has 3 aromatic rings. The van der Waals surface area contributed by atoms with E-state index in [0.717, 1.165) is 16.9 Å². The summed E-state index contributed by atoms with van der Waals surface area (Å²) in [6, 6.07) is 27.5. The van der Waals surface area contributed by atoms with Crippen molar-refractivity contribution < 1.29 is 9.53 Å². The zero-order chi connectivity index (χ0) is 17.2. The zero-order valence-corrected chi connectivity index (χ0v) is 14.0. The monoisotopic (exact) mass is 329 g/mol. The molecule has 1 aliphatic heterocycles. The van der Waals surface area contributed by atoms with Crippen molar-refractivity contribution in [3.05, 3.63) is 96.1 Å². The quantitative estimate of drug-likeness (QED) is 0.644. The van der Waals surface area contributed by atoms with Crippen LogP contribution in [0, 0.1) is 6.92 Å². The minimum atomic E-state index is -0.442. The van der Waals surface area contributed by atoms with Crippen LogP contribution in [0.2, 0.25) is 0 Å². The van der Waals surface area contributed by atoms with Gasteiger partial charge in [0.1, 0.15) is 6.10 Å². The predicted molar refractivity (Wildman–Crippen MR) is 98.8 cm³/mol. The van der Waals surface area contributed by atoms with E-state index in [1.54, 1.807) is 4.90 Å². The zero-order valence-electron chi connectivity index (χ0n) is 14.0. The van der Waals surface area contributed by atoms with Crippen LogP contribution in [0.1, 0.15) is 17.2 Å². The number of nitrogens with zero attached hydrogens (tertiary/aromatic N) is 1. The van der Waals surface area contributed by atoms with Gasteiger partial charge in [-0.3, -0.25) is 9.69 Å². The third kappa shape index (κ3) is 3.19. The summed E-state index contributed by atoms with van der Waals surface area (Å²) >= 11 is 0. The molecule has 1 amide bonds. The van der Waals surface area contributed by atoms with Crippen LogP contribution in [0.5, 0.6) is 0 Å². The van der Waals surface area contributed by atoms with E-state index in [-0.39, 0.29) is 12.0 Å². The van der Waals surface area contributed by atoms with Crippen LogP contribution >= 0.6 is 0 Å². The summed E-state index contributed by atoms with van der Waals surface area (Å²) in [5.74, 6) is -0.0380. The Morgan fingerprint density at radius 1 is 0.840 bits per heavy atom. The number of aryl methyl sites for hydroxylation is 1. The Kier molecular flexibility index (Phi) is 4.08.